The van der Waals surface area contributed by atoms with Crippen molar-refractivity contribution in [2.75, 3.05) is 0 Å². The Morgan fingerprint density at radius 1 is 1.17 bits per heavy atom. The molecule has 6 nitrogen and oxygen atoms in total. The summed E-state index contributed by atoms with van der Waals surface area (Å²) in [4.78, 5) is 0.213. The van der Waals surface area contributed by atoms with Gasteiger partial charge >= 0.3 is 0 Å². The van der Waals surface area contributed by atoms with Crippen LogP contribution in [0.4, 0.5) is 0 Å². The summed E-state index contributed by atoms with van der Waals surface area (Å²) in [6.07, 6.45) is 0. The topological polar surface area (TPSA) is 84.1 Å². The van der Waals surface area contributed by atoms with Crippen LogP contribution in [0.3, 0.4) is 0 Å². The highest BCUT2D eigenvalue weighted by Gasteiger charge is 2.21. The van der Waals surface area contributed by atoms with Crippen LogP contribution in [-0.4, -0.2) is 24.2 Å². The monoisotopic (exact) mass is 337 g/mol. The van der Waals surface area contributed by atoms with Crippen LogP contribution in [-0.2, 0) is 16.6 Å². The van der Waals surface area contributed by atoms with Gasteiger partial charge in [-0.05, 0) is 52.3 Å². The van der Waals surface area contributed by atoms with Crippen LogP contribution in [0.15, 0.2) is 29.2 Å². The molecule has 2 N–H and O–H groups in total. The first-order chi connectivity index (χ1) is 10.6. The molecule has 0 fully saturated rings. The van der Waals surface area contributed by atoms with E-state index in [2.05, 4.69) is 14.9 Å². The molecule has 2 aromatic rings. The maximum atomic E-state index is 12.4. The van der Waals surface area contributed by atoms with E-state index in [1.165, 1.54) is 0 Å². The third kappa shape index (κ3) is 4.56. The molecular weight excluding hydrogens is 314 g/mol. The zero-order valence-electron chi connectivity index (χ0n) is 14.1. The zero-order valence-corrected chi connectivity index (χ0v) is 14.9. The molecule has 0 aliphatic rings. The molecule has 0 bridgehead atoms. The van der Waals surface area contributed by atoms with Crippen molar-refractivity contribution in [2.24, 2.45) is 0 Å². The summed E-state index contributed by atoms with van der Waals surface area (Å²) in [7, 11) is -3.59. The highest BCUT2D eigenvalue weighted by atomic mass is 32.2. The van der Waals surface area contributed by atoms with Gasteiger partial charge in [-0.1, -0.05) is 12.1 Å². The number of benzene rings is 1. The number of H-pyrrole nitrogens is 1. The fraction of sp³-hybridized carbons (Fsp3) is 0.438. The normalized spacial score (nSPS) is 12.4. The first-order valence-electron chi connectivity index (χ1n) is 7.38. The molecule has 0 radical (unpaired) electrons. The number of hydrogen-bond acceptors (Lipinski definition) is 4. The average Bonchev–Trinajstić information content (AvgIpc) is 2.76. The Morgan fingerprint density at radius 2 is 1.78 bits per heavy atom. The van der Waals surface area contributed by atoms with Crippen molar-refractivity contribution in [1.29, 1.82) is 0 Å². The van der Waals surface area contributed by atoms with E-state index in [9.17, 15) is 8.42 Å². The van der Waals surface area contributed by atoms with Gasteiger partial charge < -0.3 is 4.74 Å². The van der Waals surface area contributed by atoms with Crippen LogP contribution >= 0.6 is 0 Å². The summed E-state index contributed by atoms with van der Waals surface area (Å²) in [5, 5.41) is 6.61. The van der Waals surface area contributed by atoms with Crippen molar-refractivity contribution in [3.05, 3.63) is 41.2 Å². The Kier molecular flexibility index (Phi) is 4.81. The van der Waals surface area contributed by atoms with Crippen molar-refractivity contribution in [3.8, 4) is 5.75 Å². The Hall–Kier alpha value is -1.86. The van der Waals surface area contributed by atoms with E-state index in [1.807, 2.05) is 45.0 Å². The molecule has 0 aliphatic heterocycles. The van der Waals surface area contributed by atoms with Crippen molar-refractivity contribution < 1.29 is 13.2 Å². The number of aryl methyl sites for hydroxylation is 2. The third-order valence-electron chi connectivity index (χ3n) is 3.14. The lowest BCUT2D eigenvalue weighted by Crippen LogP contribution is -2.24. The number of aromatic amines is 1. The molecule has 0 spiro atoms. The van der Waals surface area contributed by atoms with Crippen LogP contribution in [0.5, 0.6) is 5.75 Å². The van der Waals surface area contributed by atoms with Gasteiger partial charge in [-0.15, -0.1) is 0 Å². The maximum Gasteiger partial charge on any atom is 0.244 e. The quantitative estimate of drug-likeness (QED) is 0.878. The van der Waals surface area contributed by atoms with Crippen molar-refractivity contribution >= 4 is 10.0 Å². The molecule has 0 unspecified atom stereocenters. The molecule has 0 atom stereocenters. The third-order valence-corrected chi connectivity index (χ3v) is 4.81. The highest BCUT2D eigenvalue weighted by molar-refractivity contribution is 7.89. The molecule has 1 aromatic carbocycles. The lowest BCUT2D eigenvalue weighted by Gasteiger charge is -2.21. The van der Waals surface area contributed by atoms with E-state index >= 15 is 0 Å². The summed E-state index contributed by atoms with van der Waals surface area (Å²) < 4.78 is 33.1. The lowest BCUT2D eigenvalue weighted by molar-refractivity contribution is 0.131. The van der Waals surface area contributed by atoms with Crippen molar-refractivity contribution in [1.82, 2.24) is 14.9 Å². The van der Waals surface area contributed by atoms with E-state index in [0.717, 1.165) is 11.3 Å². The van der Waals surface area contributed by atoms with Gasteiger partial charge in [0, 0.05) is 6.54 Å². The van der Waals surface area contributed by atoms with Gasteiger partial charge in [0.05, 0.1) is 11.4 Å². The number of nitrogens with one attached hydrogen (secondary N) is 2. The molecule has 0 saturated carbocycles. The van der Waals surface area contributed by atoms with Crippen molar-refractivity contribution in [2.45, 2.75) is 51.7 Å². The minimum Gasteiger partial charge on any atom is -0.488 e. The number of nitrogens with zero attached hydrogens (tertiary/aromatic N) is 1. The summed E-state index contributed by atoms with van der Waals surface area (Å²) >= 11 is 0. The molecule has 1 heterocycles. The molecule has 0 aliphatic carbocycles. The van der Waals surface area contributed by atoms with Gasteiger partial charge in [-0.3, -0.25) is 5.10 Å². The number of sulfonamides is 1. The molecule has 126 valence electrons. The predicted octanol–water partition coefficient (Wildman–Crippen LogP) is 2.68. The summed E-state index contributed by atoms with van der Waals surface area (Å²) in [6, 6.07) is 7.36. The van der Waals surface area contributed by atoms with Gasteiger partial charge in [-0.25, -0.2) is 13.1 Å². The summed E-state index contributed by atoms with van der Waals surface area (Å²) in [6.45, 7) is 9.49. The Morgan fingerprint density at radius 3 is 2.26 bits per heavy atom. The fourth-order valence-corrected chi connectivity index (χ4v) is 3.60. The van der Waals surface area contributed by atoms with E-state index in [4.69, 9.17) is 4.74 Å². The Balaban J connectivity index is 2.06. The standard InChI is InChI=1S/C16H23N3O3S/c1-11-15(12(2)19-18-11)23(20,21)17-10-13-6-8-14(9-7-13)22-16(3,4)5/h6-9,17H,10H2,1-5H3,(H,18,19). The first-order valence-corrected chi connectivity index (χ1v) is 8.86. The number of hydrogen-bond donors (Lipinski definition) is 2. The second kappa shape index (κ2) is 6.33. The number of aromatic nitrogens is 2. The van der Waals surface area contributed by atoms with E-state index in [-0.39, 0.29) is 17.0 Å². The van der Waals surface area contributed by atoms with Crippen LogP contribution in [0.1, 0.15) is 37.7 Å². The second-order valence-corrected chi connectivity index (χ2v) is 8.15. The van der Waals surface area contributed by atoms with Gasteiger partial charge in [0.25, 0.3) is 0 Å². The van der Waals surface area contributed by atoms with Crippen LogP contribution in [0.25, 0.3) is 0 Å². The maximum absolute atomic E-state index is 12.4. The molecule has 2 rings (SSSR count). The Labute approximate surface area is 137 Å². The average molecular weight is 337 g/mol. The van der Waals surface area contributed by atoms with Gasteiger partial charge in [0.2, 0.25) is 10.0 Å². The van der Waals surface area contributed by atoms with Crippen LogP contribution < -0.4 is 9.46 Å². The van der Waals surface area contributed by atoms with E-state index in [0.29, 0.717) is 11.4 Å². The predicted molar refractivity (Wildman–Crippen MR) is 88.9 cm³/mol. The van der Waals surface area contributed by atoms with Gasteiger partial charge in [0.1, 0.15) is 16.2 Å². The van der Waals surface area contributed by atoms with Gasteiger partial charge in [-0.2, -0.15) is 5.10 Å². The molecule has 7 heteroatoms. The number of rotatable bonds is 5. The van der Waals surface area contributed by atoms with Crippen molar-refractivity contribution in [3.63, 3.8) is 0 Å². The minimum absolute atomic E-state index is 0.211. The molecular formula is C16H23N3O3S. The van der Waals surface area contributed by atoms with Crippen LogP contribution in [0.2, 0.25) is 0 Å². The Bertz CT molecular complexity index is 752. The smallest absolute Gasteiger partial charge is 0.244 e. The summed E-state index contributed by atoms with van der Waals surface area (Å²) in [5.74, 6) is 0.755. The number of ether oxygens (including phenoxy) is 1. The molecule has 1 aromatic heterocycles. The largest absolute Gasteiger partial charge is 0.488 e. The van der Waals surface area contributed by atoms with Gasteiger partial charge in [0.15, 0.2) is 0 Å². The second-order valence-electron chi connectivity index (χ2n) is 6.45. The van der Waals surface area contributed by atoms with E-state index < -0.39 is 10.0 Å². The lowest BCUT2D eigenvalue weighted by atomic mass is 10.2. The molecule has 23 heavy (non-hydrogen) atoms. The van der Waals surface area contributed by atoms with Crippen LogP contribution in [0, 0.1) is 13.8 Å². The fourth-order valence-electron chi connectivity index (χ4n) is 2.22. The highest BCUT2D eigenvalue weighted by Crippen LogP contribution is 2.20. The first kappa shape index (κ1) is 17.5. The zero-order chi connectivity index (χ0) is 17.3. The summed E-state index contributed by atoms with van der Waals surface area (Å²) in [5.41, 5.74) is 1.58. The molecule has 0 amide bonds. The SMILES string of the molecule is Cc1n[nH]c(C)c1S(=O)(=O)NCc1ccc(OC(C)(C)C)cc1. The minimum atomic E-state index is -3.59. The molecule has 0 saturated heterocycles. The van der Waals surface area contributed by atoms with E-state index in [1.54, 1.807) is 13.8 Å².